The molecule has 0 bridgehead atoms. The van der Waals surface area contributed by atoms with Crippen molar-refractivity contribution < 1.29 is 9.59 Å². The molecule has 1 fully saturated rings. The summed E-state index contributed by atoms with van der Waals surface area (Å²) in [6, 6.07) is 14.1. The smallest absolute Gasteiger partial charge is 0.319 e. The number of anilines is 2. The number of nitrogens with one attached hydrogen (secondary N) is 3. The summed E-state index contributed by atoms with van der Waals surface area (Å²) in [6.07, 6.45) is 5.69. The van der Waals surface area contributed by atoms with Crippen molar-refractivity contribution in [1.29, 1.82) is 0 Å². The predicted molar refractivity (Wildman–Crippen MR) is 155 cm³/mol. The second-order valence-electron chi connectivity index (χ2n) is 9.68. The number of aromatic nitrogens is 3. The molecular formula is C29H32N8O3. The first kappa shape index (κ1) is 26.8. The second-order valence-corrected chi connectivity index (χ2v) is 9.68. The number of urea groups is 1. The van der Waals surface area contributed by atoms with Crippen molar-refractivity contribution in [3.8, 4) is 11.3 Å². The number of hydrogen-bond donors (Lipinski definition) is 4. The molecule has 3 aromatic heterocycles. The third kappa shape index (κ3) is 5.79. The van der Waals surface area contributed by atoms with E-state index in [1.165, 1.54) is 7.05 Å². The molecule has 1 aromatic carbocycles. The van der Waals surface area contributed by atoms with Gasteiger partial charge in [0, 0.05) is 50.3 Å². The van der Waals surface area contributed by atoms with E-state index >= 15 is 0 Å². The number of nitrogens with zero attached hydrogens (tertiary/aromatic N) is 4. The predicted octanol–water partition coefficient (Wildman–Crippen LogP) is 2.82. The monoisotopic (exact) mass is 540 g/mol. The van der Waals surface area contributed by atoms with Crippen LogP contribution in [0.3, 0.4) is 0 Å². The van der Waals surface area contributed by atoms with Crippen molar-refractivity contribution in [2.45, 2.75) is 25.9 Å². The van der Waals surface area contributed by atoms with Gasteiger partial charge >= 0.3 is 6.03 Å². The van der Waals surface area contributed by atoms with Gasteiger partial charge in [0.25, 0.3) is 5.91 Å². The summed E-state index contributed by atoms with van der Waals surface area (Å²) in [4.78, 5) is 49.3. The van der Waals surface area contributed by atoms with E-state index in [2.05, 4.69) is 25.8 Å². The molecule has 1 saturated heterocycles. The fourth-order valence-electron chi connectivity index (χ4n) is 4.90. The topological polar surface area (TPSA) is 147 Å². The molecule has 206 valence electrons. The van der Waals surface area contributed by atoms with Crippen molar-refractivity contribution in [2.24, 2.45) is 0 Å². The number of fused-ring (bicyclic) bond motifs is 1. The van der Waals surface area contributed by atoms with Gasteiger partial charge in [-0.2, -0.15) is 0 Å². The highest BCUT2D eigenvalue weighted by atomic mass is 16.2. The van der Waals surface area contributed by atoms with Crippen molar-refractivity contribution in [3.05, 3.63) is 82.3 Å². The number of benzene rings is 1. The van der Waals surface area contributed by atoms with Gasteiger partial charge in [0.05, 0.1) is 11.1 Å². The van der Waals surface area contributed by atoms with Crippen LogP contribution in [0.1, 0.15) is 28.8 Å². The summed E-state index contributed by atoms with van der Waals surface area (Å²) in [5, 5.41) is 8.47. The standard InChI is InChI=1S/C29H32N8O3/c1-31-28(39)24-25(38)22-10-11-23(35-27(22)37(26(24)30)16-15-36-13-2-3-14-36)20-6-8-21(9-7-20)34-29(40)33-18-19-5-4-12-32-17-19/h4-12,17H,2-3,13-16,18,30H2,1H3,(H,31,39)(H2,33,34,40). The van der Waals surface area contributed by atoms with E-state index in [4.69, 9.17) is 10.7 Å². The Morgan fingerprint density at radius 2 is 1.80 bits per heavy atom. The number of carbonyl (C=O) groups is 2. The van der Waals surface area contributed by atoms with E-state index in [0.29, 0.717) is 35.5 Å². The lowest BCUT2D eigenvalue weighted by Gasteiger charge is -2.20. The molecule has 5 rings (SSSR count). The van der Waals surface area contributed by atoms with Crippen molar-refractivity contribution in [3.63, 3.8) is 0 Å². The summed E-state index contributed by atoms with van der Waals surface area (Å²) in [7, 11) is 1.48. The van der Waals surface area contributed by atoms with Crippen molar-refractivity contribution >= 4 is 34.5 Å². The maximum atomic E-state index is 13.2. The normalized spacial score (nSPS) is 13.3. The van der Waals surface area contributed by atoms with Crippen molar-refractivity contribution in [1.82, 2.24) is 30.1 Å². The zero-order valence-electron chi connectivity index (χ0n) is 22.3. The molecule has 11 heteroatoms. The molecule has 0 unspecified atom stereocenters. The lowest BCUT2D eigenvalue weighted by atomic mass is 10.1. The van der Waals surface area contributed by atoms with Crippen LogP contribution >= 0.6 is 0 Å². The SMILES string of the molecule is CNC(=O)c1c(N)n(CCN2CCCC2)c2nc(-c3ccc(NC(=O)NCc4cccnc4)cc3)ccc2c1=O. The molecule has 0 atom stereocenters. The number of nitrogen functional groups attached to an aromatic ring is 1. The molecule has 5 N–H and O–H groups in total. The molecule has 0 saturated carbocycles. The Morgan fingerprint density at radius 3 is 2.50 bits per heavy atom. The van der Waals surface area contributed by atoms with E-state index in [-0.39, 0.29) is 17.4 Å². The molecule has 11 nitrogen and oxygen atoms in total. The molecule has 3 amide bonds. The molecule has 0 radical (unpaired) electrons. The van der Waals surface area contributed by atoms with Gasteiger partial charge in [0.1, 0.15) is 17.0 Å². The number of nitrogens with two attached hydrogens (primary N) is 1. The van der Waals surface area contributed by atoms with Crippen LogP contribution in [0.25, 0.3) is 22.3 Å². The van der Waals surface area contributed by atoms with Crippen LogP contribution in [0.15, 0.2) is 65.7 Å². The van der Waals surface area contributed by atoms with Gasteiger partial charge < -0.3 is 31.2 Å². The molecule has 0 aliphatic carbocycles. The fourth-order valence-corrected chi connectivity index (χ4v) is 4.90. The average molecular weight is 541 g/mol. The van der Waals surface area contributed by atoms with Crippen LogP contribution in [0.2, 0.25) is 0 Å². The van der Waals surface area contributed by atoms with E-state index in [0.717, 1.165) is 43.6 Å². The lowest BCUT2D eigenvalue weighted by molar-refractivity contribution is 0.0962. The first-order chi connectivity index (χ1) is 19.4. The number of pyridine rings is 3. The Labute approximate surface area is 231 Å². The lowest BCUT2D eigenvalue weighted by Crippen LogP contribution is -2.32. The third-order valence-electron chi connectivity index (χ3n) is 7.06. The Kier molecular flexibility index (Phi) is 8.02. The minimum absolute atomic E-state index is 0.0665. The number of hydrogen-bond acceptors (Lipinski definition) is 7. The minimum atomic E-state index is -0.518. The second kappa shape index (κ2) is 12.0. The minimum Gasteiger partial charge on any atom is -0.384 e. The number of amides is 3. The number of carbonyl (C=O) groups excluding carboxylic acids is 2. The molecule has 4 heterocycles. The largest absolute Gasteiger partial charge is 0.384 e. The highest BCUT2D eigenvalue weighted by Crippen LogP contribution is 2.24. The van der Waals surface area contributed by atoms with Gasteiger partial charge in [-0.3, -0.25) is 14.6 Å². The quantitative estimate of drug-likeness (QED) is 0.269. The van der Waals surface area contributed by atoms with E-state index in [1.54, 1.807) is 41.2 Å². The summed E-state index contributed by atoms with van der Waals surface area (Å²) < 4.78 is 1.77. The van der Waals surface area contributed by atoms with E-state index in [9.17, 15) is 14.4 Å². The van der Waals surface area contributed by atoms with E-state index < -0.39 is 11.3 Å². The summed E-state index contributed by atoms with van der Waals surface area (Å²) in [5.41, 5.74) is 9.31. The number of rotatable bonds is 8. The summed E-state index contributed by atoms with van der Waals surface area (Å²) >= 11 is 0. The van der Waals surface area contributed by atoms with Crippen LogP contribution in [0, 0.1) is 0 Å². The van der Waals surface area contributed by atoms with E-state index in [1.807, 2.05) is 24.3 Å². The first-order valence-corrected chi connectivity index (χ1v) is 13.3. The zero-order valence-corrected chi connectivity index (χ0v) is 22.3. The van der Waals surface area contributed by atoms with Crippen LogP contribution in [-0.2, 0) is 13.1 Å². The van der Waals surface area contributed by atoms with Gasteiger partial charge in [-0.05, 0) is 61.8 Å². The Hall–Kier alpha value is -4.77. The molecule has 40 heavy (non-hydrogen) atoms. The van der Waals surface area contributed by atoms with Crippen molar-refractivity contribution in [2.75, 3.05) is 37.7 Å². The highest BCUT2D eigenvalue weighted by Gasteiger charge is 2.22. The number of likely N-dealkylation sites (tertiary alicyclic amines) is 1. The summed E-state index contributed by atoms with van der Waals surface area (Å²) in [6.45, 7) is 3.63. The maximum Gasteiger partial charge on any atom is 0.319 e. The molecule has 1 aliphatic rings. The average Bonchev–Trinajstić information content (AvgIpc) is 3.50. The first-order valence-electron chi connectivity index (χ1n) is 13.3. The molecular weight excluding hydrogens is 508 g/mol. The highest BCUT2D eigenvalue weighted by molar-refractivity contribution is 6.01. The molecule has 1 aliphatic heterocycles. The van der Waals surface area contributed by atoms with Crippen LogP contribution in [0.4, 0.5) is 16.3 Å². The Morgan fingerprint density at radius 1 is 1.02 bits per heavy atom. The van der Waals surface area contributed by atoms with Crippen LogP contribution in [0.5, 0.6) is 0 Å². The Bertz CT molecular complexity index is 1580. The molecule has 4 aromatic rings. The van der Waals surface area contributed by atoms with Gasteiger partial charge in [-0.1, -0.05) is 18.2 Å². The van der Waals surface area contributed by atoms with Crippen LogP contribution in [-0.4, -0.2) is 58.1 Å². The van der Waals surface area contributed by atoms with Gasteiger partial charge in [0.2, 0.25) is 5.43 Å². The molecule has 0 spiro atoms. The Balaban J connectivity index is 1.40. The zero-order chi connectivity index (χ0) is 28.1. The fraction of sp³-hybridized carbons (Fsp3) is 0.276. The summed E-state index contributed by atoms with van der Waals surface area (Å²) in [5.74, 6) is -0.409. The van der Waals surface area contributed by atoms with Crippen LogP contribution < -0.4 is 27.1 Å². The van der Waals surface area contributed by atoms with Gasteiger partial charge in [0.15, 0.2) is 0 Å². The maximum absolute atomic E-state index is 13.2. The third-order valence-corrected chi connectivity index (χ3v) is 7.06. The van der Waals surface area contributed by atoms with Gasteiger partial charge in [-0.25, -0.2) is 9.78 Å². The van der Waals surface area contributed by atoms with Gasteiger partial charge in [-0.15, -0.1) is 0 Å².